The number of hydrogen-bond acceptors (Lipinski definition) is 3. The van der Waals surface area contributed by atoms with Gasteiger partial charge in [-0.3, -0.25) is 9.59 Å². The Kier molecular flexibility index (Phi) is 4.46. The molecule has 1 fully saturated rings. The maximum atomic E-state index is 12.6. The van der Waals surface area contributed by atoms with Crippen molar-refractivity contribution in [3.63, 3.8) is 0 Å². The second-order valence-corrected chi connectivity index (χ2v) is 6.71. The Labute approximate surface area is 157 Å². The maximum Gasteiger partial charge on any atom is 0.231 e. The average Bonchev–Trinajstić information content (AvgIpc) is 3.30. The monoisotopic (exact) mass is 360 g/mol. The van der Waals surface area contributed by atoms with Crippen LogP contribution in [0.15, 0.2) is 66.9 Å². The minimum absolute atomic E-state index is 0.0335. The lowest BCUT2D eigenvalue weighted by molar-refractivity contribution is -0.122. The van der Waals surface area contributed by atoms with E-state index in [9.17, 15) is 9.59 Å². The van der Waals surface area contributed by atoms with E-state index in [1.807, 2.05) is 61.5 Å². The number of aryl methyl sites for hydroxylation is 1. The third-order valence-electron chi connectivity index (χ3n) is 4.70. The number of aromatic nitrogens is 2. The lowest BCUT2D eigenvalue weighted by atomic mass is 10.1. The van der Waals surface area contributed by atoms with Gasteiger partial charge < -0.3 is 10.2 Å². The molecule has 27 heavy (non-hydrogen) atoms. The van der Waals surface area contributed by atoms with Crippen LogP contribution < -0.4 is 10.2 Å². The van der Waals surface area contributed by atoms with Crippen molar-refractivity contribution in [2.24, 2.45) is 5.92 Å². The number of carbonyl (C=O) groups excluding carboxylic acids is 2. The van der Waals surface area contributed by atoms with Crippen LogP contribution in [0.3, 0.4) is 0 Å². The Hall–Kier alpha value is -3.41. The van der Waals surface area contributed by atoms with E-state index < -0.39 is 0 Å². The molecule has 136 valence electrons. The van der Waals surface area contributed by atoms with Gasteiger partial charge in [0.25, 0.3) is 0 Å². The second-order valence-electron chi connectivity index (χ2n) is 6.71. The van der Waals surface area contributed by atoms with E-state index in [2.05, 4.69) is 10.4 Å². The fourth-order valence-electron chi connectivity index (χ4n) is 3.20. The van der Waals surface area contributed by atoms with Gasteiger partial charge in [0.15, 0.2) is 5.82 Å². The summed E-state index contributed by atoms with van der Waals surface area (Å²) in [6.45, 7) is 2.38. The van der Waals surface area contributed by atoms with Crippen LogP contribution in [0.5, 0.6) is 0 Å². The first-order valence-electron chi connectivity index (χ1n) is 8.89. The number of anilines is 2. The lowest BCUT2D eigenvalue weighted by Crippen LogP contribution is -2.28. The van der Waals surface area contributed by atoms with Crippen LogP contribution in [0.2, 0.25) is 0 Å². The molecule has 1 N–H and O–H groups in total. The Morgan fingerprint density at radius 1 is 1.04 bits per heavy atom. The molecule has 3 aromatic rings. The summed E-state index contributed by atoms with van der Waals surface area (Å²) in [6, 6.07) is 19.2. The van der Waals surface area contributed by atoms with Crippen molar-refractivity contribution in [1.29, 1.82) is 0 Å². The number of benzene rings is 2. The van der Waals surface area contributed by atoms with E-state index >= 15 is 0 Å². The Morgan fingerprint density at radius 2 is 1.78 bits per heavy atom. The van der Waals surface area contributed by atoms with E-state index in [0.29, 0.717) is 12.4 Å². The standard InChI is InChI=1S/C21H20N4O2/c1-15-7-9-17(10-8-15)24-14-16(13-20(24)26)21(27)22-19-11-12-25(23-19)18-5-3-2-4-6-18/h2-12,16H,13-14H2,1H3,(H,22,23,27). The molecular formula is C21H20N4O2. The highest BCUT2D eigenvalue weighted by Gasteiger charge is 2.35. The molecule has 1 aliphatic heterocycles. The number of nitrogens with zero attached hydrogens (tertiary/aromatic N) is 3. The number of carbonyl (C=O) groups is 2. The molecule has 6 nitrogen and oxygen atoms in total. The molecule has 1 atom stereocenters. The molecule has 1 saturated heterocycles. The normalized spacial score (nSPS) is 16.6. The van der Waals surface area contributed by atoms with Crippen molar-refractivity contribution in [2.75, 3.05) is 16.8 Å². The molecule has 0 saturated carbocycles. The highest BCUT2D eigenvalue weighted by Crippen LogP contribution is 2.26. The molecule has 0 spiro atoms. The van der Waals surface area contributed by atoms with Gasteiger partial charge in [-0.1, -0.05) is 35.9 Å². The Morgan fingerprint density at radius 3 is 2.52 bits per heavy atom. The van der Waals surface area contributed by atoms with Crippen molar-refractivity contribution in [2.45, 2.75) is 13.3 Å². The van der Waals surface area contributed by atoms with Gasteiger partial charge in [-0.2, -0.15) is 5.10 Å². The molecule has 0 bridgehead atoms. The summed E-state index contributed by atoms with van der Waals surface area (Å²) in [4.78, 5) is 26.6. The van der Waals surface area contributed by atoms with Crippen LogP contribution >= 0.6 is 0 Å². The first-order valence-corrected chi connectivity index (χ1v) is 8.89. The van der Waals surface area contributed by atoms with Crippen molar-refractivity contribution in [3.05, 3.63) is 72.4 Å². The topological polar surface area (TPSA) is 67.2 Å². The zero-order valence-electron chi connectivity index (χ0n) is 15.0. The number of nitrogens with one attached hydrogen (secondary N) is 1. The summed E-state index contributed by atoms with van der Waals surface area (Å²) in [5, 5.41) is 7.21. The predicted molar refractivity (Wildman–Crippen MR) is 104 cm³/mol. The first kappa shape index (κ1) is 17.0. The summed E-state index contributed by atoms with van der Waals surface area (Å²) in [5.41, 5.74) is 2.88. The van der Waals surface area contributed by atoms with E-state index in [1.54, 1.807) is 21.8 Å². The van der Waals surface area contributed by atoms with E-state index in [-0.39, 0.29) is 24.2 Å². The third-order valence-corrected chi connectivity index (χ3v) is 4.70. The number of amides is 2. The van der Waals surface area contributed by atoms with E-state index in [1.165, 1.54) is 0 Å². The van der Waals surface area contributed by atoms with E-state index in [4.69, 9.17) is 0 Å². The number of rotatable bonds is 4. The average molecular weight is 360 g/mol. The zero-order valence-corrected chi connectivity index (χ0v) is 15.0. The van der Waals surface area contributed by atoms with Crippen molar-refractivity contribution >= 4 is 23.3 Å². The molecule has 1 aromatic heterocycles. The minimum Gasteiger partial charge on any atom is -0.312 e. The molecule has 2 heterocycles. The van der Waals surface area contributed by atoms with Crippen molar-refractivity contribution < 1.29 is 9.59 Å². The summed E-state index contributed by atoms with van der Waals surface area (Å²) in [5.74, 6) is -0.129. The zero-order chi connectivity index (χ0) is 18.8. The first-order chi connectivity index (χ1) is 13.1. The van der Waals surface area contributed by atoms with Crippen LogP contribution in [0.1, 0.15) is 12.0 Å². The molecule has 0 radical (unpaired) electrons. The SMILES string of the molecule is Cc1ccc(N2CC(C(=O)Nc3ccn(-c4ccccc4)n3)CC2=O)cc1. The lowest BCUT2D eigenvalue weighted by Gasteiger charge is -2.16. The second kappa shape index (κ2) is 7.07. The molecule has 2 amide bonds. The quantitative estimate of drug-likeness (QED) is 0.777. The molecular weight excluding hydrogens is 340 g/mol. The number of para-hydroxylation sites is 1. The molecule has 1 unspecified atom stereocenters. The van der Waals surface area contributed by atoms with Crippen molar-refractivity contribution in [3.8, 4) is 5.69 Å². The molecule has 1 aliphatic rings. The van der Waals surface area contributed by atoms with Gasteiger partial charge in [-0.15, -0.1) is 0 Å². The van der Waals surface area contributed by atoms with Crippen LogP contribution in [0.25, 0.3) is 5.69 Å². The third kappa shape index (κ3) is 3.60. The van der Waals surface area contributed by atoms with Gasteiger partial charge in [0.2, 0.25) is 11.8 Å². The Bertz CT molecular complexity index is 963. The van der Waals surface area contributed by atoms with Crippen molar-refractivity contribution in [1.82, 2.24) is 9.78 Å². The maximum absolute atomic E-state index is 12.6. The largest absolute Gasteiger partial charge is 0.312 e. The van der Waals surface area contributed by atoms with Gasteiger partial charge >= 0.3 is 0 Å². The highest BCUT2D eigenvalue weighted by atomic mass is 16.2. The fourth-order valence-corrected chi connectivity index (χ4v) is 3.20. The molecule has 0 aliphatic carbocycles. The van der Waals surface area contributed by atoms with Gasteiger partial charge in [0.1, 0.15) is 0 Å². The summed E-state index contributed by atoms with van der Waals surface area (Å²) >= 11 is 0. The van der Waals surface area contributed by atoms with Crippen LogP contribution in [0, 0.1) is 12.8 Å². The van der Waals surface area contributed by atoms with Gasteiger partial charge in [-0.05, 0) is 31.2 Å². The summed E-state index contributed by atoms with van der Waals surface area (Å²) in [6.07, 6.45) is 2.00. The minimum atomic E-state index is -0.388. The van der Waals surface area contributed by atoms with Crippen LogP contribution in [-0.2, 0) is 9.59 Å². The summed E-state index contributed by atoms with van der Waals surface area (Å²) in [7, 11) is 0. The molecule has 6 heteroatoms. The molecule has 2 aromatic carbocycles. The predicted octanol–water partition coefficient (Wildman–Crippen LogP) is 3.17. The van der Waals surface area contributed by atoms with Gasteiger partial charge in [0.05, 0.1) is 11.6 Å². The highest BCUT2D eigenvalue weighted by molar-refractivity contribution is 6.03. The van der Waals surface area contributed by atoms with Gasteiger partial charge in [-0.25, -0.2) is 4.68 Å². The molecule has 4 rings (SSSR count). The number of hydrogen-bond donors (Lipinski definition) is 1. The Balaban J connectivity index is 1.43. The smallest absolute Gasteiger partial charge is 0.231 e. The van der Waals surface area contributed by atoms with E-state index in [0.717, 1.165) is 16.9 Å². The fraction of sp³-hybridized carbons (Fsp3) is 0.190. The van der Waals surface area contributed by atoms with Crippen LogP contribution in [0.4, 0.5) is 11.5 Å². The van der Waals surface area contributed by atoms with Crippen LogP contribution in [-0.4, -0.2) is 28.1 Å². The van der Waals surface area contributed by atoms with Gasteiger partial charge in [0, 0.05) is 30.9 Å². The summed E-state index contributed by atoms with van der Waals surface area (Å²) < 4.78 is 1.70.